The van der Waals surface area contributed by atoms with Gasteiger partial charge < -0.3 is 19.9 Å². The fourth-order valence-corrected chi connectivity index (χ4v) is 4.22. The van der Waals surface area contributed by atoms with E-state index < -0.39 is 5.91 Å². The molecule has 1 aliphatic heterocycles. The number of hydrogen-bond acceptors (Lipinski definition) is 7. The zero-order chi connectivity index (χ0) is 21.8. The predicted octanol–water partition coefficient (Wildman–Crippen LogP) is 0.492. The van der Waals surface area contributed by atoms with Gasteiger partial charge in [0.15, 0.2) is 0 Å². The van der Waals surface area contributed by atoms with Crippen LogP contribution in [0.5, 0.6) is 0 Å². The summed E-state index contributed by atoms with van der Waals surface area (Å²) >= 11 is 1.45. The Labute approximate surface area is 177 Å². The molecular weight excluding hydrogens is 410 g/mol. The van der Waals surface area contributed by atoms with E-state index in [1.807, 2.05) is 13.8 Å². The molecule has 0 atom stereocenters. The predicted molar refractivity (Wildman–Crippen MR) is 112 cm³/mol. The Morgan fingerprint density at radius 3 is 2.50 bits per heavy atom. The van der Waals surface area contributed by atoms with Crippen molar-refractivity contribution < 1.29 is 19.1 Å². The van der Waals surface area contributed by atoms with E-state index in [9.17, 15) is 19.2 Å². The molecule has 1 fully saturated rings. The zero-order valence-electron chi connectivity index (χ0n) is 17.3. The first-order valence-electron chi connectivity index (χ1n) is 9.73. The van der Waals surface area contributed by atoms with Gasteiger partial charge in [-0.05, 0) is 26.3 Å². The first kappa shape index (κ1) is 21.8. The highest BCUT2D eigenvalue weighted by Crippen LogP contribution is 2.25. The minimum absolute atomic E-state index is 0.167. The maximum absolute atomic E-state index is 12.6. The van der Waals surface area contributed by atoms with Crippen LogP contribution in [0.3, 0.4) is 0 Å². The number of thiophene rings is 1. The number of aromatic nitrogens is 2. The van der Waals surface area contributed by atoms with Crippen LogP contribution in [0.4, 0.5) is 4.79 Å². The highest BCUT2D eigenvalue weighted by molar-refractivity contribution is 7.18. The molecule has 11 heteroatoms. The van der Waals surface area contributed by atoms with Crippen molar-refractivity contribution in [3.8, 4) is 0 Å². The fourth-order valence-electron chi connectivity index (χ4n) is 3.23. The zero-order valence-corrected chi connectivity index (χ0v) is 18.1. The first-order chi connectivity index (χ1) is 14.3. The van der Waals surface area contributed by atoms with E-state index in [1.165, 1.54) is 22.2 Å². The first-order valence-corrected chi connectivity index (χ1v) is 10.5. The lowest BCUT2D eigenvalue weighted by atomic mass is 10.2. The van der Waals surface area contributed by atoms with Gasteiger partial charge >= 0.3 is 6.09 Å². The van der Waals surface area contributed by atoms with E-state index in [-0.39, 0.29) is 30.6 Å². The quantitative estimate of drug-likeness (QED) is 0.731. The number of nitrogens with one attached hydrogen (secondary N) is 1. The highest BCUT2D eigenvalue weighted by Gasteiger charge is 2.25. The van der Waals surface area contributed by atoms with E-state index in [0.29, 0.717) is 43.0 Å². The van der Waals surface area contributed by atoms with Gasteiger partial charge in [0.05, 0.1) is 24.9 Å². The molecule has 1 N–H and O–H groups in total. The van der Waals surface area contributed by atoms with Crippen LogP contribution in [-0.4, -0.2) is 76.6 Å². The molecule has 2 aromatic rings. The molecule has 30 heavy (non-hydrogen) atoms. The topological polar surface area (TPSA) is 114 Å². The van der Waals surface area contributed by atoms with Gasteiger partial charge in [-0.15, -0.1) is 11.3 Å². The molecule has 0 saturated carbocycles. The van der Waals surface area contributed by atoms with Gasteiger partial charge in [0, 0.05) is 31.1 Å². The normalized spacial score (nSPS) is 14.1. The molecule has 1 saturated heterocycles. The SMILES string of the molecule is CCOC(=O)N1CCN(C(=O)CNC(=O)Cn2cnc3sc(C)c(C)c3c2=O)CC1. The number of carbonyl (C=O) groups is 3. The Morgan fingerprint density at radius 1 is 1.17 bits per heavy atom. The lowest BCUT2D eigenvalue weighted by Crippen LogP contribution is -2.52. The summed E-state index contributed by atoms with van der Waals surface area (Å²) in [4.78, 5) is 58.0. The van der Waals surface area contributed by atoms with Crippen LogP contribution >= 0.6 is 11.3 Å². The second-order valence-electron chi connectivity index (χ2n) is 6.98. The third kappa shape index (κ3) is 4.61. The molecule has 0 aliphatic carbocycles. The van der Waals surface area contributed by atoms with Crippen LogP contribution in [0, 0.1) is 13.8 Å². The standard InChI is InChI=1S/C19H25N5O5S/c1-4-29-19(28)23-7-5-22(6-8-23)15(26)9-20-14(25)10-24-11-21-17-16(18(24)27)12(2)13(3)30-17/h11H,4-10H2,1-3H3,(H,20,25). The fraction of sp³-hybridized carbons (Fsp3) is 0.526. The van der Waals surface area contributed by atoms with Gasteiger partial charge in [0.2, 0.25) is 11.8 Å². The maximum atomic E-state index is 12.6. The third-order valence-corrected chi connectivity index (χ3v) is 6.18. The second-order valence-corrected chi connectivity index (χ2v) is 8.19. The molecule has 10 nitrogen and oxygen atoms in total. The number of nitrogens with zero attached hydrogens (tertiary/aromatic N) is 4. The molecule has 0 bridgehead atoms. The maximum Gasteiger partial charge on any atom is 0.409 e. The Kier molecular flexibility index (Phi) is 6.70. The van der Waals surface area contributed by atoms with Crippen LogP contribution in [0.15, 0.2) is 11.1 Å². The lowest BCUT2D eigenvalue weighted by molar-refractivity contribution is -0.134. The smallest absolute Gasteiger partial charge is 0.409 e. The number of hydrogen-bond donors (Lipinski definition) is 1. The number of aryl methyl sites for hydroxylation is 2. The molecule has 162 valence electrons. The number of ether oxygens (including phenoxy) is 1. The number of fused-ring (bicyclic) bond motifs is 1. The van der Waals surface area contributed by atoms with Gasteiger partial charge in [0.25, 0.3) is 5.56 Å². The van der Waals surface area contributed by atoms with Crippen LogP contribution in [0.2, 0.25) is 0 Å². The Balaban J connectivity index is 1.52. The van der Waals surface area contributed by atoms with Gasteiger partial charge in [-0.3, -0.25) is 19.0 Å². The van der Waals surface area contributed by atoms with Gasteiger partial charge in [-0.1, -0.05) is 0 Å². The Hall–Kier alpha value is -2.95. The third-order valence-electron chi connectivity index (χ3n) is 5.06. The van der Waals surface area contributed by atoms with Crippen molar-refractivity contribution in [3.05, 3.63) is 27.1 Å². The number of piperazine rings is 1. The second kappa shape index (κ2) is 9.24. The Morgan fingerprint density at radius 2 is 1.83 bits per heavy atom. The number of amides is 3. The number of carbonyl (C=O) groups excluding carboxylic acids is 3. The molecule has 3 rings (SSSR count). The summed E-state index contributed by atoms with van der Waals surface area (Å²) in [5.41, 5.74) is 0.609. The van der Waals surface area contributed by atoms with Crippen molar-refractivity contribution in [1.82, 2.24) is 24.7 Å². The minimum atomic E-state index is -0.443. The molecule has 3 amide bonds. The lowest BCUT2D eigenvalue weighted by Gasteiger charge is -2.34. The van der Waals surface area contributed by atoms with Crippen molar-refractivity contribution in [2.45, 2.75) is 27.3 Å². The molecule has 0 unspecified atom stereocenters. The summed E-state index contributed by atoms with van der Waals surface area (Å²) in [6, 6.07) is 0. The highest BCUT2D eigenvalue weighted by atomic mass is 32.1. The molecule has 0 spiro atoms. The van der Waals surface area contributed by atoms with Crippen LogP contribution < -0.4 is 10.9 Å². The summed E-state index contributed by atoms with van der Waals surface area (Å²) in [5, 5.41) is 3.09. The summed E-state index contributed by atoms with van der Waals surface area (Å²) < 4.78 is 6.20. The average molecular weight is 436 g/mol. The van der Waals surface area contributed by atoms with Crippen molar-refractivity contribution in [2.75, 3.05) is 39.3 Å². The molecule has 0 aromatic carbocycles. The monoisotopic (exact) mass is 435 g/mol. The summed E-state index contributed by atoms with van der Waals surface area (Å²) in [7, 11) is 0. The summed E-state index contributed by atoms with van der Waals surface area (Å²) in [6.07, 6.45) is 0.973. The van der Waals surface area contributed by atoms with Crippen molar-refractivity contribution >= 4 is 39.5 Å². The average Bonchev–Trinajstić information content (AvgIpc) is 3.03. The largest absolute Gasteiger partial charge is 0.450 e. The van der Waals surface area contributed by atoms with E-state index in [2.05, 4.69) is 10.3 Å². The van der Waals surface area contributed by atoms with Crippen LogP contribution in [-0.2, 0) is 20.9 Å². The van der Waals surface area contributed by atoms with Crippen molar-refractivity contribution in [3.63, 3.8) is 0 Å². The summed E-state index contributed by atoms with van der Waals surface area (Å²) in [6.45, 7) is 7.00. The number of rotatable bonds is 5. The summed E-state index contributed by atoms with van der Waals surface area (Å²) in [5.74, 6) is -0.682. The molecule has 0 radical (unpaired) electrons. The van der Waals surface area contributed by atoms with Gasteiger partial charge in [-0.2, -0.15) is 0 Å². The molecular formula is C19H25N5O5S. The molecule has 3 heterocycles. The van der Waals surface area contributed by atoms with Crippen LogP contribution in [0.1, 0.15) is 17.4 Å². The molecule has 2 aromatic heterocycles. The van der Waals surface area contributed by atoms with Gasteiger partial charge in [0.1, 0.15) is 11.4 Å². The van der Waals surface area contributed by atoms with Crippen LogP contribution in [0.25, 0.3) is 10.2 Å². The minimum Gasteiger partial charge on any atom is -0.450 e. The molecule has 1 aliphatic rings. The van der Waals surface area contributed by atoms with E-state index in [0.717, 1.165) is 10.4 Å². The van der Waals surface area contributed by atoms with E-state index in [4.69, 9.17) is 4.74 Å². The van der Waals surface area contributed by atoms with Crippen molar-refractivity contribution in [2.24, 2.45) is 0 Å². The van der Waals surface area contributed by atoms with Crippen molar-refractivity contribution in [1.29, 1.82) is 0 Å². The van der Waals surface area contributed by atoms with Gasteiger partial charge in [-0.25, -0.2) is 9.78 Å². The van der Waals surface area contributed by atoms with E-state index in [1.54, 1.807) is 16.7 Å². The van der Waals surface area contributed by atoms with E-state index >= 15 is 0 Å². The Bertz CT molecular complexity index is 1020.